The normalized spacial score (nSPS) is 11.0. The van der Waals surface area contributed by atoms with Crippen molar-refractivity contribution in [3.63, 3.8) is 0 Å². The molecule has 130 valence electrons. The molecule has 1 heterocycles. The van der Waals surface area contributed by atoms with Gasteiger partial charge in [-0.15, -0.1) is 11.3 Å². The van der Waals surface area contributed by atoms with Gasteiger partial charge in [0.2, 0.25) is 0 Å². The maximum Gasteiger partial charge on any atom is 0.136 e. The summed E-state index contributed by atoms with van der Waals surface area (Å²) in [6.45, 7) is 2.59. The molecule has 1 N–H and O–H groups in total. The first kappa shape index (κ1) is 18.0. The number of ether oxygens (including phenoxy) is 1. The third-order valence-corrected chi connectivity index (χ3v) is 4.67. The predicted octanol–water partition coefficient (Wildman–Crippen LogP) is 5.84. The highest BCUT2D eigenvalue weighted by molar-refractivity contribution is 7.11. The second-order valence-electron chi connectivity index (χ2n) is 5.32. The average molecular weight is 382 g/mol. The Morgan fingerprint density at radius 1 is 1.23 bits per heavy atom. The molecule has 0 aliphatic carbocycles. The smallest absolute Gasteiger partial charge is 0.136 e. The van der Waals surface area contributed by atoms with Crippen LogP contribution < -0.4 is 10.1 Å². The highest BCUT2D eigenvalue weighted by Crippen LogP contribution is 2.27. The molecule has 0 fully saturated rings. The summed E-state index contributed by atoms with van der Waals surface area (Å²) in [4.78, 5) is 4.58. The number of aromatic nitrogens is 1. The molecular formula is C20H16ClN3OS. The van der Waals surface area contributed by atoms with Crippen molar-refractivity contribution >= 4 is 34.2 Å². The Morgan fingerprint density at radius 2 is 1.96 bits per heavy atom. The van der Waals surface area contributed by atoms with Crippen molar-refractivity contribution < 1.29 is 4.74 Å². The van der Waals surface area contributed by atoms with Gasteiger partial charge in [0, 0.05) is 27.9 Å². The van der Waals surface area contributed by atoms with E-state index in [2.05, 4.69) is 16.4 Å². The number of nitrogens with one attached hydrogen (secondary N) is 1. The summed E-state index contributed by atoms with van der Waals surface area (Å²) < 4.78 is 5.45. The zero-order valence-corrected chi connectivity index (χ0v) is 15.6. The summed E-state index contributed by atoms with van der Waals surface area (Å²) in [5.41, 5.74) is 3.15. The zero-order valence-electron chi connectivity index (χ0n) is 14.1. The van der Waals surface area contributed by atoms with Crippen molar-refractivity contribution in [2.45, 2.75) is 6.92 Å². The van der Waals surface area contributed by atoms with E-state index in [1.807, 2.05) is 48.7 Å². The Kier molecular flexibility index (Phi) is 5.90. The number of nitriles is 1. The van der Waals surface area contributed by atoms with E-state index in [1.54, 1.807) is 18.3 Å². The van der Waals surface area contributed by atoms with E-state index in [0.717, 1.165) is 22.7 Å². The van der Waals surface area contributed by atoms with Gasteiger partial charge in [-0.1, -0.05) is 11.6 Å². The lowest BCUT2D eigenvalue weighted by atomic mass is 10.2. The topological polar surface area (TPSA) is 57.9 Å². The molecule has 0 bridgehead atoms. The molecule has 0 radical (unpaired) electrons. The van der Waals surface area contributed by atoms with Crippen LogP contribution in [0.25, 0.3) is 16.8 Å². The summed E-state index contributed by atoms with van der Waals surface area (Å²) in [6, 6.07) is 17.2. The molecule has 3 rings (SSSR count). The summed E-state index contributed by atoms with van der Waals surface area (Å²) in [5.74, 6) is 0.830. The lowest BCUT2D eigenvalue weighted by Crippen LogP contribution is -1.91. The van der Waals surface area contributed by atoms with Crippen molar-refractivity contribution in [2.75, 3.05) is 11.9 Å². The molecule has 26 heavy (non-hydrogen) atoms. The van der Waals surface area contributed by atoms with Gasteiger partial charge in [0.1, 0.15) is 22.4 Å². The van der Waals surface area contributed by atoms with Crippen LogP contribution in [0.15, 0.2) is 60.1 Å². The Hall–Kier alpha value is -2.81. The lowest BCUT2D eigenvalue weighted by molar-refractivity contribution is 0.340. The number of anilines is 1. The van der Waals surface area contributed by atoms with Gasteiger partial charge in [-0.3, -0.25) is 0 Å². The fraction of sp³-hybridized carbons (Fsp3) is 0.100. The SMILES string of the molecule is CCOc1ccc(-c2csc(/C(C#N)=C\Nc3ccc(Cl)cc3)n2)cc1. The van der Waals surface area contributed by atoms with Crippen LogP contribution in [-0.4, -0.2) is 11.6 Å². The summed E-state index contributed by atoms with van der Waals surface area (Å²) in [7, 11) is 0. The highest BCUT2D eigenvalue weighted by Gasteiger charge is 2.09. The number of allylic oxidation sites excluding steroid dienone is 1. The molecule has 0 unspecified atom stereocenters. The molecule has 4 nitrogen and oxygen atoms in total. The average Bonchev–Trinajstić information content (AvgIpc) is 3.15. The van der Waals surface area contributed by atoms with Crippen LogP contribution in [0.2, 0.25) is 5.02 Å². The molecule has 0 amide bonds. The van der Waals surface area contributed by atoms with Gasteiger partial charge in [0.05, 0.1) is 12.3 Å². The molecule has 0 saturated carbocycles. The number of hydrogen-bond acceptors (Lipinski definition) is 5. The van der Waals surface area contributed by atoms with Gasteiger partial charge in [-0.25, -0.2) is 4.98 Å². The van der Waals surface area contributed by atoms with Crippen LogP contribution in [-0.2, 0) is 0 Å². The van der Waals surface area contributed by atoms with E-state index in [1.165, 1.54) is 11.3 Å². The monoisotopic (exact) mass is 381 g/mol. The summed E-state index contributed by atoms with van der Waals surface area (Å²) in [6.07, 6.45) is 1.66. The molecular weight excluding hydrogens is 366 g/mol. The Balaban J connectivity index is 1.77. The zero-order chi connectivity index (χ0) is 18.4. The van der Waals surface area contributed by atoms with Crippen LogP contribution in [0.4, 0.5) is 5.69 Å². The van der Waals surface area contributed by atoms with Gasteiger partial charge in [0.25, 0.3) is 0 Å². The van der Waals surface area contributed by atoms with Crippen molar-refractivity contribution in [1.29, 1.82) is 5.26 Å². The first-order valence-electron chi connectivity index (χ1n) is 8.01. The maximum atomic E-state index is 9.45. The maximum absolute atomic E-state index is 9.45. The van der Waals surface area contributed by atoms with Gasteiger partial charge >= 0.3 is 0 Å². The van der Waals surface area contributed by atoms with E-state index < -0.39 is 0 Å². The first-order valence-corrected chi connectivity index (χ1v) is 9.27. The fourth-order valence-corrected chi connectivity index (χ4v) is 3.18. The van der Waals surface area contributed by atoms with E-state index in [-0.39, 0.29) is 0 Å². The molecule has 0 atom stereocenters. The van der Waals surface area contributed by atoms with E-state index >= 15 is 0 Å². The van der Waals surface area contributed by atoms with Crippen molar-refractivity contribution in [3.8, 4) is 23.1 Å². The molecule has 0 saturated heterocycles. The standard InChI is InChI=1S/C20H16ClN3OS/c1-2-25-18-9-3-14(4-10-18)19-13-26-20(24-19)15(11-22)12-23-17-7-5-16(21)6-8-17/h3-10,12-13,23H,2H2,1H3/b15-12-. The molecule has 0 aliphatic rings. The first-order chi connectivity index (χ1) is 12.7. The van der Waals surface area contributed by atoms with Crippen LogP contribution in [0, 0.1) is 11.3 Å². The Bertz CT molecular complexity index is 940. The molecule has 0 spiro atoms. The minimum atomic E-state index is 0.474. The number of thiazole rings is 1. The second-order valence-corrected chi connectivity index (χ2v) is 6.61. The molecule has 3 aromatic rings. The number of halogens is 1. The van der Waals surface area contributed by atoms with Crippen LogP contribution in [0.1, 0.15) is 11.9 Å². The van der Waals surface area contributed by atoms with Gasteiger partial charge in [-0.05, 0) is 55.5 Å². The van der Waals surface area contributed by atoms with E-state index in [9.17, 15) is 5.26 Å². The Labute approximate surface area is 161 Å². The third-order valence-electron chi connectivity index (χ3n) is 3.54. The van der Waals surface area contributed by atoms with Gasteiger partial charge in [0.15, 0.2) is 0 Å². The lowest BCUT2D eigenvalue weighted by Gasteiger charge is -2.03. The fourth-order valence-electron chi connectivity index (χ4n) is 2.26. The highest BCUT2D eigenvalue weighted by atomic mass is 35.5. The predicted molar refractivity (Wildman–Crippen MR) is 107 cm³/mol. The second kappa shape index (κ2) is 8.52. The summed E-state index contributed by atoms with van der Waals surface area (Å²) in [5, 5.41) is 15.8. The van der Waals surface area contributed by atoms with Crippen molar-refractivity contribution in [3.05, 3.63) is 70.1 Å². The number of hydrogen-bond donors (Lipinski definition) is 1. The molecule has 2 aromatic carbocycles. The number of nitrogens with zero attached hydrogens (tertiary/aromatic N) is 2. The number of rotatable bonds is 6. The van der Waals surface area contributed by atoms with Gasteiger partial charge < -0.3 is 10.1 Å². The quantitative estimate of drug-likeness (QED) is 0.545. The van der Waals surface area contributed by atoms with Crippen LogP contribution in [0.5, 0.6) is 5.75 Å². The molecule has 0 aliphatic heterocycles. The van der Waals surface area contributed by atoms with Crippen molar-refractivity contribution in [2.24, 2.45) is 0 Å². The molecule has 1 aromatic heterocycles. The van der Waals surface area contributed by atoms with E-state index in [0.29, 0.717) is 22.2 Å². The van der Waals surface area contributed by atoms with Crippen LogP contribution in [0.3, 0.4) is 0 Å². The third kappa shape index (κ3) is 4.42. The molecule has 6 heteroatoms. The van der Waals surface area contributed by atoms with Crippen LogP contribution >= 0.6 is 22.9 Å². The summed E-state index contributed by atoms with van der Waals surface area (Å²) >= 11 is 7.31. The number of benzene rings is 2. The van der Waals surface area contributed by atoms with Gasteiger partial charge in [-0.2, -0.15) is 5.26 Å². The largest absolute Gasteiger partial charge is 0.494 e. The minimum Gasteiger partial charge on any atom is -0.494 e. The Morgan fingerprint density at radius 3 is 2.62 bits per heavy atom. The minimum absolute atomic E-state index is 0.474. The van der Waals surface area contributed by atoms with Crippen molar-refractivity contribution in [1.82, 2.24) is 4.98 Å². The van der Waals surface area contributed by atoms with E-state index in [4.69, 9.17) is 16.3 Å².